The van der Waals surface area contributed by atoms with E-state index in [-0.39, 0.29) is 13.2 Å². The lowest BCUT2D eigenvalue weighted by molar-refractivity contribution is 0.342. The van der Waals surface area contributed by atoms with Gasteiger partial charge in [-0.25, -0.2) is 0 Å². The first-order chi connectivity index (χ1) is 4.83. The van der Waals surface area contributed by atoms with Crippen LogP contribution in [-0.2, 0) is 0 Å². The van der Waals surface area contributed by atoms with Crippen molar-refractivity contribution in [3.05, 3.63) is 24.3 Å². The van der Waals surface area contributed by atoms with Crippen LogP contribution in [0, 0.1) is 0 Å². The van der Waals surface area contributed by atoms with Crippen LogP contribution in [0.1, 0.15) is 13.8 Å². The summed E-state index contributed by atoms with van der Waals surface area (Å²) in [6.45, 7) is 4.07. The topological polar surface area (TPSA) is 40.5 Å². The van der Waals surface area contributed by atoms with Gasteiger partial charge in [0, 0.05) is 0 Å². The predicted octanol–water partition coefficient (Wildman–Crippen LogP) is 1.11. The van der Waals surface area contributed by atoms with Gasteiger partial charge in [-0.3, -0.25) is 0 Å². The van der Waals surface area contributed by atoms with Crippen LogP contribution in [-0.4, -0.2) is 23.4 Å². The fourth-order valence-electron chi connectivity index (χ4n) is 0.211. The molecule has 0 atom stereocenters. The average molecular weight is 144 g/mol. The Morgan fingerprint density at radius 3 is 1.20 bits per heavy atom. The number of allylic oxidation sites excluding steroid dienone is 2. The van der Waals surface area contributed by atoms with E-state index in [1.807, 2.05) is 13.8 Å². The SMILES string of the molecule is CC=CCO.CC=CCO. The second-order valence-corrected chi connectivity index (χ2v) is 1.50. The summed E-state index contributed by atoms with van der Waals surface area (Å²) in [5.74, 6) is 0. The highest BCUT2D eigenvalue weighted by molar-refractivity contribution is 4.74. The Bertz CT molecular complexity index is 73.3. The largest absolute Gasteiger partial charge is 0.392 e. The van der Waals surface area contributed by atoms with Gasteiger partial charge in [-0.05, 0) is 13.8 Å². The lowest BCUT2D eigenvalue weighted by Gasteiger charge is -1.66. The Kier molecular flexibility index (Phi) is 19.1. The Morgan fingerprint density at radius 1 is 0.900 bits per heavy atom. The van der Waals surface area contributed by atoms with Gasteiger partial charge in [-0.15, -0.1) is 0 Å². The molecular formula is C8H16O2. The molecule has 0 amide bonds. The van der Waals surface area contributed by atoms with Gasteiger partial charge in [0.05, 0.1) is 13.2 Å². The molecule has 0 radical (unpaired) electrons. The molecule has 0 aromatic rings. The average Bonchev–Trinajstić information content (AvgIpc) is 1.93. The molecule has 60 valence electrons. The van der Waals surface area contributed by atoms with Crippen LogP contribution < -0.4 is 0 Å². The Labute approximate surface area is 62.5 Å². The summed E-state index contributed by atoms with van der Waals surface area (Å²) in [4.78, 5) is 0. The smallest absolute Gasteiger partial charge is 0.0612 e. The van der Waals surface area contributed by atoms with Crippen molar-refractivity contribution in [2.24, 2.45) is 0 Å². The van der Waals surface area contributed by atoms with E-state index in [1.54, 1.807) is 24.3 Å². The van der Waals surface area contributed by atoms with Crippen LogP contribution >= 0.6 is 0 Å². The maximum atomic E-state index is 7.98. The van der Waals surface area contributed by atoms with Gasteiger partial charge < -0.3 is 10.2 Å². The summed E-state index contributed by atoms with van der Waals surface area (Å²) < 4.78 is 0. The molecule has 0 aliphatic heterocycles. The number of hydrogen-bond acceptors (Lipinski definition) is 2. The van der Waals surface area contributed by atoms with Crippen LogP contribution in [0.3, 0.4) is 0 Å². The minimum Gasteiger partial charge on any atom is -0.392 e. The fraction of sp³-hybridized carbons (Fsp3) is 0.500. The number of rotatable bonds is 2. The van der Waals surface area contributed by atoms with Crippen molar-refractivity contribution < 1.29 is 10.2 Å². The summed E-state index contributed by atoms with van der Waals surface area (Å²) in [6.07, 6.45) is 6.97. The lowest BCUT2D eigenvalue weighted by atomic mass is 10.6. The van der Waals surface area contributed by atoms with Gasteiger partial charge in [0.1, 0.15) is 0 Å². The van der Waals surface area contributed by atoms with Gasteiger partial charge in [0.25, 0.3) is 0 Å². The molecule has 0 rings (SSSR count). The molecular weight excluding hydrogens is 128 g/mol. The summed E-state index contributed by atoms with van der Waals surface area (Å²) in [7, 11) is 0. The summed E-state index contributed by atoms with van der Waals surface area (Å²) >= 11 is 0. The van der Waals surface area contributed by atoms with E-state index in [0.29, 0.717) is 0 Å². The van der Waals surface area contributed by atoms with Crippen molar-refractivity contribution in [3.8, 4) is 0 Å². The molecule has 2 heteroatoms. The maximum Gasteiger partial charge on any atom is 0.0612 e. The van der Waals surface area contributed by atoms with E-state index in [1.165, 1.54) is 0 Å². The summed E-state index contributed by atoms with van der Waals surface area (Å²) in [5.41, 5.74) is 0. The zero-order valence-electron chi connectivity index (χ0n) is 6.62. The van der Waals surface area contributed by atoms with Crippen molar-refractivity contribution in [2.45, 2.75) is 13.8 Å². The third-order valence-electron chi connectivity index (χ3n) is 0.682. The van der Waals surface area contributed by atoms with E-state index < -0.39 is 0 Å². The van der Waals surface area contributed by atoms with Crippen LogP contribution in [0.4, 0.5) is 0 Å². The van der Waals surface area contributed by atoms with Crippen molar-refractivity contribution >= 4 is 0 Å². The second-order valence-electron chi connectivity index (χ2n) is 1.50. The highest BCUT2D eigenvalue weighted by atomic mass is 16.3. The monoisotopic (exact) mass is 144 g/mol. The molecule has 0 bridgehead atoms. The van der Waals surface area contributed by atoms with Crippen LogP contribution in [0.5, 0.6) is 0 Å². The van der Waals surface area contributed by atoms with E-state index in [4.69, 9.17) is 10.2 Å². The van der Waals surface area contributed by atoms with Gasteiger partial charge in [0.2, 0.25) is 0 Å². The van der Waals surface area contributed by atoms with Crippen molar-refractivity contribution in [1.82, 2.24) is 0 Å². The predicted molar refractivity (Wildman–Crippen MR) is 43.8 cm³/mol. The standard InChI is InChI=1S/2C4H8O/c2*1-2-3-4-5/h2*2-3,5H,4H2,1H3. The highest BCUT2D eigenvalue weighted by Crippen LogP contribution is 1.61. The third-order valence-corrected chi connectivity index (χ3v) is 0.682. The number of hydrogen-bond donors (Lipinski definition) is 2. The van der Waals surface area contributed by atoms with Gasteiger partial charge in [0.15, 0.2) is 0 Å². The molecule has 0 fully saturated rings. The molecule has 0 spiro atoms. The van der Waals surface area contributed by atoms with E-state index >= 15 is 0 Å². The molecule has 0 unspecified atom stereocenters. The lowest BCUT2D eigenvalue weighted by Crippen LogP contribution is -1.65. The Morgan fingerprint density at radius 2 is 1.20 bits per heavy atom. The van der Waals surface area contributed by atoms with Crippen molar-refractivity contribution in [3.63, 3.8) is 0 Å². The molecule has 0 heterocycles. The van der Waals surface area contributed by atoms with Crippen molar-refractivity contribution in [1.29, 1.82) is 0 Å². The Hall–Kier alpha value is -0.600. The highest BCUT2D eigenvalue weighted by Gasteiger charge is 1.53. The first-order valence-corrected chi connectivity index (χ1v) is 3.27. The van der Waals surface area contributed by atoms with E-state index in [2.05, 4.69) is 0 Å². The summed E-state index contributed by atoms with van der Waals surface area (Å²) in [5, 5.41) is 16.0. The number of aliphatic hydroxyl groups is 2. The molecule has 2 nitrogen and oxygen atoms in total. The third kappa shape index (κ3) is 26.2. The Balaban J connectivity index is 0. The quantitative estimate of drug-likeness (QED) is 0.570. The fourth-order valence-corrected chi connectivity index (χ4v) is 0.211. The van der Waals surface area contributed by atoms with Gasteiger partial charge >= 0.3 is 0 Å². The molecule has 10 heavy (non-hydrogen) atoms. The first-order valence-electron chi connectivity index (χ1n) is 3.27. The zero-order valence-corrected chi connectivity index (χ0v) is 6.62. The molecule has 0 aromatic heterocycles. The zero-order chi connectivity index (χ0) is 8.24. The van der Waals surface area contributed by atoms with E-state index in [0.717, 1.165) is 0 Å². The molecule has 2 N–H and O–H groups in total. The molecule has 0 aliphatic rings. The summed E-state index contributed by atoms with van der Waals surface area (Å²) in [6, 6.07) is 0. The minimum absolute atomic E-state index is 0.163. The minimum atomic E-state index is 0.163. The van der Waals surface area contributed by atoms with Gasteiger partial charge in [-0.1, -0.05) is 24.3 Å². The van der Waals surface area contributed by atoms with E-state index in [9.17, 15) is 0 Å². The molecule has 0 saturated heterocycles. The van der Waals surface area contributed by atoms with Crippen LogP contribution in [0.15, 0.2) is 24.3 Å². The van der Waals surface area contributed by atoms with Crippen LogP contribution in [0.2, 0.25) is 0 Å². The van der Waals surface area contributed by atoms with Crippen molar-refractivity contribution in [2.75, 3.05) is 13.2 Å². The number of aliphatic hydroxyl groups excluding tert-OH is 2. The first kappa shape index (κ1) is 12.1. The van der Waals surface area contributed by atoms with Gasteiger partial charge in [-0.2, -0.15) is 0 Å². The maximum absolute atomic E-state index is 7.98. The van der Waals surface area contributed by atoms with Crippen LogP contribution in [0.25, 0.3) is 0 Å². The molecule has 0 aliphatic carbocycles. The second kappa shape index (κ2) is 15.8. The normalized spacial score (nSPS) is 10.0. The molecule has 0 saturated carbocycles. The molecule has 0 aromatic carbocycles.